The third-order valence-electron chi connectivity index (χ3n) is 5.40. The van der Waals surface area contributed by atoms with Crippen LogP contribution >= 0.6 is 11.3 Å². The Balaban J connectivity index is 1.58. The van der Waals surface area contributed by atoms with Crippen molar-refractivity contribution in [3.63, 3.8) is 0 Å². The number of nitrogens with zero attached hydrogens (tertiary/aromatic N) is 2. The largest absolute Gasteiger partial charge is 0.507 e. The Bertz CT molecular complexity index is 1600. The maximum absolute atomic E-state index is 13.4. The summed E-state index contributed by atoms with van der Waals surface area (Å²) in [5.41, 5.74) is 3.79. The fourth-order valence-electron chi connectivity index (χ4n) is 4.01. The van der Waals surface area contributed by atoms with Crippen molar-refractivity contribution in [3.8, 4) is 5.75 Å². The van der Waals surface area contributed by atoms with Crippen LogP contribution in [0.1, 0.15) is 20.9 Å². The van der Waals surface area contributed by atoms with Gasteiger partial charge in [0, 0.05) is 21.9 Å². The lowest BCUT2D eigenvalue weighted by Crippen LogP contribution is -2.01. The number of phenols is 1. The topological polar surface area (TPSA) is 67.7 Å². The highest BCUT2D eigenvalue weighted by molar-refractivity contribution is 7.19. The van der Waals surface area contributed by atoms with Crippen molar-refractivity contribution < 1.29 is 14.3 Å². The first-order valence-electron chi connectivity index (χ1n) is 9.16. The van der Waals surface area contributed by atoms with E-state index >= 15 is 0 Å². The molecule has 1 N–H and O–H groups in total. The van der Waals surface area contributed by atoms with Crippen LogP contribution in [0.4, 0.5) is 0 Å². The van der Waals surface area contributed by atoms with E-state index in [0.717, 1.165) is 27.1 Å². The van der Waals surface area contributed by atoms with Gasteiger partial charge in [-0.05, 0) is 25.1 Å². The maximum atomic E-state index is 13.4. The second-order valence-corrected chi connectivity index (χ2v) is 8.01. The van der Waals surface area contributed by atoms with Crippen molar-refractivity contribution >= 4 is 54.9 Å². The highest BCUT2D eigenvalue weighted by atomic mass is 32.1. The van der Waals surface area contributed by atoms with Crippen molar-refractivity contribution in [1.29, 1.82) is 0 Å². The minimum absolute atomic E-state index is 0.129. The van der Waals surface area contributed by atoms with E-state index in [1.807, 2.05) is 59.9 Å². The molecule has 0 radical (unpaired) electrons. The number of benzene rings is 3. The molecule has 0 aliphatic rings. The molecule has 6 aromatic rings. The Kier molecular flexibility index (Phi) is 3.20. The van der Waals surface area contributed by atoms with Gasteiger partial charge in [0.15, 0.2) is 4.96 Å². The molecule has 29 heavy (non-hydrogen) atoms. The molecule has 0 spiro atoms. The molecule has 0 saturated carbocycles. The predicted octanol–water partition coefficient (Wildman–Crippen LogP) is 5.69. The van der Waals surface area contributed by atoms with Crippen LogP contribution in [0.2, 0.25) is 0 Å². The Labute approximate surface area is 168 Å². The SMILES string of the molecule is Cc1c(C(=O)c2coc3c2cc(O)c2ccccc23)sc2nc3ccccc3n12. The minimum Gasteiger partial charge on any atom is -0.507 e. The molecule has 6 heteroatoms. The average molecular weight is 398 g/mol. The summed E-state index contributed by atoms with van der Waals surface area (Å²) in [5.74, 6) is 0.00256. The Morgan fingerprint density at radius 3 is 2.69 bits per heavy atom. The van der Waals surface area contributed by atoms with E-state index in [2.05, 4.69) is 4.98 Å². The molecule has 5 nitrogen and oxygen atoms in total. The molecule has 0 amide bonds. The second-order valence-electron chi connectivity index (χ2n) is 7.03. The van der Waals surface area contributed by atoms with Crippen LogP contribution in [-0.4, -0.2) is 20.3 Å². The smallest absolute Gasteiger partial charge is 0.208 e. The molecule has 0 aliphatic heterocycles. The second kappa shape index (κ2) is 5.68. The van der Waals surface area contributed by atoms with Gasteiger partial charge >= 0.3 is 0 Å². The molecule has 3 aromatic heterocycles. The Hall–Kier alpha value is -3.64. The lowest BCUT2D eigenvalue weighted by atomic mass is 10.0. The number of thiazole rings is 1. The number of aryl methyl sites for hydroxylation is 1. The van der Waals surface area contributed by atoms with Crippen molar-refractivity contribution in [3.05, 3.63) is 77.0 Å². The summed E-state index contributed by atoms with van der Waals surface area (Å²) in [6.45, 7) is 1.93. The van der Waals surface area contributed by atoms with Crippen LogP contribution in [0.25, 0.3) is 37.7 Å². The van der Waals surface area contributed by atoms with Crippen molar-refractivity contribution in [1.82, 2.24) is 9.38 Å². The van der Waals surface area contributed by atoms with Gasteiger partial charge in [0.2, 0.25) is 5.78 Å². The van der Waals surface area contributed by atoms with Crippen LogP contribution in [-0.2, 0) is 0 Å². The number of carbonyl (C=O) groups is 1. The van der Waals surface area contributed by atoms with E-state index in [1.54, 1.807) is 6.07 Å². The quantitative estimate of drug-likeness (QED) is 0.380. The molecular weight excluding hydrogens is 384 g/mol. The number of hydrogen-bond acceptors (Lipinski definition) is 5. The zero-order chi connectivity index (χ0) is 19.7. The standard InChI is InChI=1S/C23H14N2O3S/c1-12-22(29-23-24-17-8-4-5-9-18(17)25(12)23)20(27)16-11-28-21-14-7-3-2-6-13(14)19(26)10-15(16)21/h2-11,26H,1H3. The zero-order valence-corrected chi connectivity index (χ0v) is 16.2. The van der Waals surface area contributed by atoms with Crippen molar-refractivity contribution in [2.24, 2.45) is 0 Å². The third-order valence-corrected chi connectivity index (χ3v) is 6.54. The molecule has 0 unspecified atom stereocenters. The molecule has 140 valence electrons. The molecule has 0 saturated heterocycles. The summed E-state index contributed by atoms with van der Waals surface area (Å²) in [6, 6.07) is 16.9. The molecule has 0 atom stereocenters. The number of carbonyl (C=O) groups excluding carboxylic acids is 1. The van der Waals surface area contributed by atoms with Gasteiger partial charge in [-0.15, -0.1) is 0 Å². The summed E-state index contributed by atoms with van der Waals surface area (Å²) in [4.78, 5) is 19.5. The number of aromatic nitrogens is 2. The Morgan fingerprint density at radius 1 is 1.07 bits per heavy atom. The number of para-hydroxylation sites is 2. The van der Waals surface area contributed by atoms with Crippen LogP contribution in [0.15, 0.2) is 65.3 Å². The number of fused-ring (bicyclic) bond motifs is 6. The lowest BCUT2D eigenvalue weighted by molar-refractivity contribution is 0.104. The first-order chi connectivity index (χ1) is 14.1. The van der Waals surface area contributed by atoms with E-state index in [0.29, 0.717) is 26.8 Å². The zero-order valence-electron chi connectivity index (χ0n) is 15.3. The molecule has 0 fully saturated rings. The first-order valence-corrected chi connectivity index (χ1v) is 9.98. The number of hydrogen-bond donors (Lipinski definition) is 1. The summed E-state index contributed by atoms with van der Waals surface area (Å²) < 4.78 is 7.79. The van der Waals surface area contributed by atoms with E-state index in [4.69, 9.17) is 4.42 Å². The number of ketones is 1. The molecule has 6 rings (SSSR count). The predicted molar refractivity (Wildman–Crippen MR) is 114 cm³/mol. The van der Waals surface area contributed by atoms with Crippen LogP contribution in [0, 0.1) is 6.92 Å². The fourth-order valence-corrected chi connectivity index (χ4v) is 5.10. The molecule has 0 aliphatic carbocycles. The monoisotopic (exact) mass is 398 g/mol. The van der Waals surface area contributed by atoms with Gasteiger partial charge in [-0.2, -0.15) is 0 Å². The lowest BCUT2D eigenvalue weighted by Gasteiger charge is -2.03. The van der Waals surface area contributed by atoms with E-state index in [1.165, 1.54) is 17.6 Å². The third kappa shape index (κ3) is 2.14. The van der Waals surface area contributed by atoms with E-state index in [-0.39, 0.29) is 11.5 Å². The highest BCUT2D eigenvalue weighted by Gasteiger charge is 2.24. The fraction of sp³-hybridized carbons (Fsp3) is 0.0435. The maximum Gasteiger partial charge on any atom is 0.208 e. The number of imidazole rings is 1. The number of furan rings is 1. The normalized spacial score (nSPS) is 11.9. The van der Waals surface area contributed by atoms with Gasteiger partial charge in [-0.25, -0.2) is 4.98 Å². The highest BCUT2D eigenvalue weighted by Crippen LogP contribution is 2.37. The summed E-state index contributed by atoms with van der Waals surface area (Å²) in [7, 11) is 0. The summed E-state index contributed by atoms with van der Waals surface area (Å²) in [5, 5.41) is 12.5. The minimum atomic E-state index is -0.129. The van der Waals surface area contributed by atoms with Gasteiger partial charge in [0.25, 0.3) is 0 Å². The summed E-state index contributed by atoms with van der Waals surface area (Å²) >= 11 is 1.37. The van der Waals surface area contributed by atoms with Crippen LogP contribution in [0.5, 0.6) is 5.75 Å². The molecule has 3 heterocycles. The van der Waals surface area contributed by atoms with Crippen LogP contribution in [0.3, 0.4) is 0 Å². The molecule has 3 aromatic carbocycles. The van der Waals surface area contributed by atoms with Gasteiger partial charge in [-0.3, -0.25) is 9.20 Å². The van der Waals surface area contributed by atoms with E-state index in [9.17, 15) is 9.90 Å². The average Bonchev–Trinajstić information content (AvgIpc) is 3.40. The molecule has 0 bridgehead atoms. The van der Waals surface area contributed by atoms with Gasteiger partial charge in [0.1, 0.15) is 17.6 Å². The summed E-state index contributed by atoms with van der Waals surface area (Å²) in [6.07, 6.45) is 1.49. The number of aromatic hydroxyl groups is 1. The Morgan fingerprint density at radius 2 is 1.83 bits per heavy atom. The van der Waals surface area contributed by atoms with Crippen LogP contribution < -0.4 is 0 Å². The number of phenolic OH excluding ortho intramolecular Hbond substituents is 1. The van der Waals surface area contributed by atoms with Gasteiger partial charge < -0.3 is 9.52 Å². The van der Waals surface area contributed by atoms with Crippen molar-refractivity contribution in [2.75, 3.05) is 0 Å². The van der Waals surface area contributed by atoms with Gasteiger partial charge in [-0.1, -0.05) is 47.7 Å². The number of rotatable bonds is 2. The van der Waals surface area contributed by atoms with Gasteiger partial charge in [0.05, 0.1) is 21.5 Å². The molecular formula is C23H14N2O3S. The van der Waals surface area contributed by atoms with E-state index < -0.39 is 0 Å². The van der Waals surface area contributed by atoms with Crippen molar-refractivity contribution in [2.45, 2.75) is 6.92 Å². The first kappa shape index (κ1) is 16.3.